The molecule has 60 valence electrons. The van der Waals surface area contributed by atoms with Gasteiger partial charge in [0.15, 0.2) is 0 Å². The Morgan fingerprint density at radius 3 is 1.80 bits per heavy atom. The Bertz CT molecular complexity index is 231. The molecule has 0 aliphatic heterocycles. The van der Waals surface area contributed by atoms with Crippen LogP contribution in [0.25, 0.3) is 0 Å². The SMILES string of the molecule is C=C(C(C)(C)O)S(=O)(=O)O. The minimum Gasteiger partial charge on any atom is -0.385 e. The molecule has 0 saturated carbocycles. The Morgan fingerprint density at radius 1 is 1.50 bits per heavy atom. The van der Waals surface area contributed by atoms with E-state index in [1.54, 1.807) is 0 Å². The maximum atomic E-state index is 10.3. The fourth-order valence-electron chi connectivity index (χ4n) is 0.316. The van der Waals surface area contributed by atoms with Crippen LogP contribution in [0.5, 0.6) is 0 Å². The molecular weight excluding hydrogens is 156 g/mol. The summed E-state index contributed by atoms with van der Waals surface area (Å²) in [6, 6.07) is 0. The molecule has 0 unspecified atom stereocenters. The van der Waals surface area contributed by atoms with Crippen molar-refractivity contribution in [3.8, 4) is 0 Å². The molecule has 4 nitrogen and oxygen atoms in total. The quantitative estimate of drug-likeness (QED) is 0.573. The summed E-state index contributed by atoms with van der Waals surface area (Å²) in [5.41, 5.74) is -1.59. The third-order valence-corrected chi connectivity index (χ3v) is 2.12. The van der Waals surface area contributed by atoms with Crippen molar-refractivity contribution in [2.75, 3.05) is 0 Å². The summed E-state index contributed by atoms with van der Waals surface area (Å²) in [6.45, 7) is 5.46. The molecule has 0 heterocycles. The zero-order valence-corrected chi connectivity index (χ0v) is 6.64. The predicted molar refractivity (Wildman–Crippen MR) is 37.0 cm³/mol. The van der Waals surface area contributed by atoms with Crippen molar-refractivity contribution < 1.29 is 18.1 Å². The van der Waals surface area contributed by atoms with Crippen LogP contribution in [0.3, 0.4) is 0 Å². The summed E-state index contributed by atoms with van der Waals surface area (Å²) >= 11 is 0. The second kappa shape index (κ2) is 2.34. The molecule has 5 heteroatoms. The lowest BCUT2D eigenvalue weighted by Gasteiger charge is -2.16. The molecule has 0 rings (SSSR count). The van der Waals surface area contributed by atoms with E-state index in [0.29, 0.717) is 0 Å². The van der Waals surface area contributed by atoms with Gasteiger partial charge in [0.25, 0.3) is 10.1 Å². The Kier molecular flexibility index (Phi) is 2.24. The van der Waals surface area contributed by atoms with E-state index in [2.05, 4.69) is 6.58 Å². The van der Waals surface area contributed by atoms with Gasteiger partial charge in [-0.15, -0.1) is 0 Å². The Morgan fingerprint density at radius 2 is 1.80 bits per heavy atom. The molecule has 0 radical (unpaired) electrons. The van der Waals surface area contributed by atoms with Gasteiger partial charge in [-0.1, -0.05) is 6.58 Å². The van der Waals surface area contributed by atoms with Gasteiger partial charge in [-0.05, 0) is 13.8 Å². The average molecular weight is 166 g/mol. The van der Waals surface area contributed by atoms with Crippen molar-refractivity contribution in [2.24, 2.45) is 0 Å². The Hall–Kier alpha value is -0.390. The molecule has 0 aromatic carbocycles. The number of hydrogen-bond acceptors (Lipinski definition) is 3. The largest absolute Gasteiger partial charge is 0.385 e. The van der Waals surface area contributed by atoms with Gasteiger partial charge in [0.1, 0.15) is 0 Å². The van der Waals surface area contributed by atoms with Crippen LogP contribution in [0.1, 0.15) is 13.8 Å². The van der Waals surface area contributed by atoms with Crippen molar-refractivity contribution in [1.29, 1.82) is 0 Å². The molecular formula is C5H10O4S. The van der Waals surface area contributed by atoms with Crippen molar-refractivity contribution in [2.45, 2.75) is 19.4 Å². The first-order valence-electron chi connectivity index (χ1n) is 2.55. The van der Waals surface area contributed by atoms with Crippen LogP contribution < -0.4 is 0 Å². The summed E-state index contributed by atoms with van der Waals surface area (Å²) in [5.74, 6) is 0. The lowest BCUT2D eigenvalue weighted by molar-refractivity contribution is 0.127. The van der Waals surface area contributed by atoms with E-state index in [1.807, 2.05) is 0 Å². The highest BCUT2D eigenvalue weighted by atomic mass is 32.2. The normalized spacial score (nSPS) is 13.2. The first-order chi connectivity index (χ1) is 4.15. The Labute approximate surface area is 59.9 Å². The fourth-order valence-corrected chi connectivity index (χ4v) is 0.947. The van der Waals surface area contributed by atoms with Crippen molar-refractivity contribution >= 4 is 10.1 Å². The van der Waals surface area contributed by atoms with E-state index in [0.717, 1.165) is 0 Å². The molecule has 0 bridgehead atoms. The molecule has 0 amide bonds. The van der Waals surface area contributed by atoms with Crippen molar-refractivity contribution in [3.05, 3.63) is 11.5 Å². The van der Waals surface area contributed by atoms with Gasteiger partial charge in [0.05, 0.1) is 10.5 Å². The zero-order valence-electron chi connectivity index (χ0n) is 5.83. The van der Waals surface area contributed by atoms with E-state index >= 15 is 0 Å². The molecule has 0 atom stereocenters. The molecule has 0 aromatic heterocycles. The lowest BCUT2D eigenvalue weighted by Crippen LogP contribution is -2.26. The minimum atomic E-state index is -4.30. The van der Waals surface area contributed by atoms with Gasteiger partial charge in [-0.25, -0.2) is 0 Å². The second-order valence-electron chi connectivity index (χ2n) is 2.46. The molecule has 0 aliphatic rings. The highest BCUT2D eigenvalue weighted by Crippen LogP contribution is 2.17. The first kappa shape index (κ1) is 9.61. The number of hydrogen-bond donors (Lipinski definition) is 2. The third kappa shape index (κ3) is 2.47. The van der Waals surface area contributed by atoms with E-state index in [4.69, 9.17) is 9.66 Å². The molecule has 2 N–H and O–H groups in total. The van der Waals surface area contributed by atoms with Crippen LogP contribution in [0.4, 0.5) is 0 Å². The van der Waals surface area contributed by atoms with Crippen LogP contribution in [0, 0.1) is 0 Å². The molecule has 0 aliphatic carbocycles. The summed E-state index contributed by atoms with van der Waals surface area (Å²) in [7, 11) is -4.30. The van der Waals surface area contributed by atoms with Gasteiger partial charge in [0.2, 0.25) is 0 Å². The Balaban J connectivity index is 4.75. The molecule has 10 heavy (non-hydrogen) atoms. The summed E-state index contributed by atoms with van der Waals surface area (Å²) in [5, 5.41) is 8.98. The van der Waals surface area contributed by atoms with Gasteiger partial charge in [-0.3, -0.25) is 4.55 Å². The topological polar surface area (TPSA) is 74.6 Å². The third-order valence-electron chi connectivity index (χ3n) is 0.994. The number of rotatable bonds is 2. The zero-order chi connectivity index (χ0) is 8.58. The van der Waals surface area contributed by atoms with Crippen molar-refractivity contribution in [1.82, 2.24) is 0 Å². The van der Waals surface area contributed by atoms with E-state index in [1.165, 1.54) is 13.8 Å². The van der Waals surface area contributed by atoms with Crippen molar-refractivity contribution in [3.63, 3.8) is 0 Å². The van der Waals surface area contributed by atoms with Gasteiger partial charge in [-0.2, -0.15) is 8.42 Å². The fraction of sp³-hybridized carbons (Fsp3) is 0.600. The number of aliphatic hydroxyl groups is 1. The van der Waals surface area contributed by atoms with Crippen LogP contribution in [0.15, 0.2) is 11.5 Å². The monoisotopic (exact) mass is 166 g/mol. The van der Waals surface area contributed by atoms with Crippen LogP contribution in [0.2, 0.25) is 0 Å². The standard InChI is InChI=1S/C5H10O4S/c1-4(5(2,3)6)10(7,8)9/h6H,1H2,2-3H3,(H,7,8,9). The molecule has 0 saturated heterocycles. The predicted octanol–water partition coefficient (Wildman–Crippen LogP) is 0.159. The highest BCUT2D eigenvalue weighted by molar-refractivity contribution is 7.89. The van der Waals surface area contributed by atoms with Crippen LogP contribution in [-0.2, 0) is 10.1 Å². The molecule has 0 spiro atoms. The second-order valence-corrected chi connectivity index (χ2v) is 3.90. The summed E-state index contributed by atoms with van der Waals surface area (Å²) < 4.78 is 28.9. The molecule has 0 fully saturated rings. The average Bonchev–Trinajstić information content (AvgIpc) is 1.59. The van der Waals surface area contributed by atoms with Gasteiger partial charge >= 0.3 is 0 Å². The maximum absolute atomic E-state index is 10.3. The van der Waals surface area contributed by atoms with Gasteiger partial charge in [0, 0.05) is 0 Å². The smallest absolute Gasteiger partial charge is 0.292 e. The lowest BCUT2D eigenvalue weighted by atomic mass is 10.1. The van der Waals surface area contributed by atoms with E-state index in [9.17, 15) is 8.42 Å². The van der Waals surface area contributed by atoms with E-state index in [-0.39, 0.29) is 0 Å². The first-order valence-corrected chi connectivity index (χ1v) is 3.99. The van der Waals surface area contributed by atoms with Gasteiger partial charge < -0.3 is 5.11 Å². The minimum absolute atomic E-state index is 0.597. The highest BCUT2D eigenvalue weighted by Gasteiger charge is 2.26. The molecule has 0 aromatic rings. The van der Waals surface area contributed by atoms with Crippen LogP contribution >= 0.6 is 0 Å². The van der Waals surface area contributed by atoms with E-state index < -0.39 is 20.6 Å². The maximum Gasteiger partial charge on any atom is 0.292 e. The van der Waals surface area contributed by atoms with Crippen LogP contribution in [-0.4, -0.2) is 23.7 Å². The summed E-state index contributed by atoms with van der Waals surface area (Å²) in [4.78, 5) is -0.597. The summed E-state index contributed by atoms with van der Waals surface area (Å²) in [6.07, 6.45) is 0.